The molecule has 0 saturated carbocycles. The molecule has 11 heteroatoms. The molecule has 142 valence electrons. The van der Waals surface area contributed by atoms with Crippen molar-refractivity contribution >= 4 is 55.5 Å². The molecule has 3 aromatic rings. The van der Waals surface area contributed by atoms with Crippen LogP contribution in [-0.2, 0) is 14.8 Å². The van der Waals surface area contributed by atoms with E-state index in [0.717, 1.165) is 11.1 Å². The molecule has 1 amide bonds. The summed E-state index contributed by atoms with van der Waals surface area (Å²) < 4.78 is 25.0. The second-order valence-electron chi connectivity index (χ2n) is 5.51. The number of rotatable bonds is 6. The van der Waals surface area contributed by atoms with Crippen LogP contribution in [-0.4, -0.2) is 30.8 Å². The standard InChI is InChI=1S/C17H13N5O3S3/c1-28(24,25)22-13-5-2-4-11(9-13)8-12(10-18)15(23)19-17-21-20-16(27-17)14-6-3-7-26-14/h2-9,22H,1H3,(H,19,21,23)/b12-8+. The molecule has 0 atom stereocenters. The number of carbonyl (C=O) groups is 1. The number of thiophene rings is 1. The first-order valence-electron chi connectivity index (χ1n) is 7.72. The lowest BCUT2D eigenvalue weighted by Gasteiger charge is -2.05. The van der Waals surface area contributed by atoms with Crippen LogP contribution < -0.4 is 10.0 Å². The summed E-state index contributed by atoms with van der Waals surface area (Å²) in [4.78, 5) is 13.3. The van der Waals surface area contributed by atoms with Crippen molar-refractivity contribution in [3.8, 4) is 16.0 Å². The van der Waals surface area contributed by atoms with Gasteiger partial charge in [0.25, 0.3) is 5.91 Å². The fraction of sp³-hybridized carbons (Fsp3) is 0.0588. The summed E-state index contributed by atoms with van der Waals surface area (Å²) in [5, 5.41) is 22.7. The number of benzene rings is 1. The Bertz CT molecular complexity index is 1170. The second-order valence-corrected chi connectivity index (χ2v) is 9.19. The highest BCUT2D eigenvalue weighted by molar-refractivity contribution is 7.92. The number of nitriles is 1. The van der Waals surface area contributed by atoms with E-state index < -0.39 is 15.9 Å². The van der Waals surface area contributed by atoms with Gasteiger partial charge in [-0.15, -0.1) is 21.5 Å². The molecule has 0 radical (unpaired) electrons. The highest BCUT2D eigenvalue weighted by Crippen LogP contribution is 2.29. The molecule has 2 aromatic heterocycles. The van der Waals surface area contributed by atoms with Crippen LogP contribution in [0, 0.1) is 11.3 Å². The topological polar surface area (TPSA) is 125 Å². The van der Waals surface area contributed by atoms with E-state index in [1.807, 2.05) is 23.6 Å². The summed E-state index contributed by atoms with van der Waals surface area (Å²) in [7, 11) is -3.43. The molecular formula is C17H13N5O3S3. The van der Waals surface area contributed by atoms with Gasteiger partial charge < -0.3 is 0 Å². The molecule has 0 aliphatic heterocycles. The fourth-order valence-electron chi connectivity index (χ4n) is 2.16. The van der Waals surface area contributed by atoms with Crippen molar-refractivity contribution in [2.45, 2.75) is 0 Å². The third-order valence-electron chi connectivity index (χ3n) is 3.24. The summed E-state index contributed by atoms with van der Waals surface area (Å²) in [6.07, 6.45) is 2.40. The summed E-state index contributed by atoms with van der Waals surface area (Å²) in [5.41, 5.74) is 0.680. The van der Waals surface area contributed by atoms with Crippen LogP contribution in [0.5, 0.6) is 0 Å². The normalized spacial score (nSPS) is 11.6. The van der Waals surface area contributed by atoms with Gasteiger partial charge in [-0.2, -0.15) is 5.26 Å². The van der Waals surface area contributed by atoms with E-state index in [1.165, 1.54) is 34.8 Å². The first-order valence-corrected chi connectivity index (χ1v) is 11.3. The second kappa shape index (κ2) is 8.30. The molecule has 0 unspecified atom stereocenters. The first kappa shape index (κ1) is 19.7. The highest BCUT2D eigenvalue weighted by atomic mass is 32.2. The summed E-state index contributed by atoms with van der Waals surface area (Å²) in [6.45, 7) is 0. The molecule has 3 rings (SSSR count). The molecule has 1 aromatic carbocycles. The summed E-state index contributed by atoms with van der Waals surface area (Å²) in [6, 6.07) is 12.0. The number of carbonyl (C=O) groups excluding carboxylic acids is 1. The number of aromatic nitrogens is 2. The zero-order valence-electron chi connectivity index (χ0n) is 14.4. The van der Waals surface area contributed by atoms with E-state index >= 15 is 0 Å². The van der Waals surface area contributed by atoms with Gasteiger partial charge in [0.1, 0.15) is 11.6 Å². The number of amides is 1. The maximum absolute atomic E-state index is 12.4. The average Bonchev–Trinajstić information content (AvgIpc) is 3.29. The largest absolute Gasteiger partial charge is 0.296 e. The Morgan fingerprint density at radius 2 is 2.07 bits per heavy atom. The van der Waals surface area contributed by atoms with Crippen molar-refractivity contribution in [3.63, 3.8) is 0 Å². The van der Waals surface area contributed by atoms with Gasteiger partial charge in [0.05, 0.1) is 11.1 Å². The third kappa shape index (κ3) is 5.23. The van der Waals surface area contributed by atoms with Gasteiger partial charge in [-0.05, 0) is 35.2 Å². The minimum atomic E-state index is -3.43. The number of anilines is 2. The third-order valence-corrected chi connectivity index (χ3v) is 5.73. The molecule has 2 heterocycles. The number of sulfonamides is 1. The van der Waals surface area contributed by atoms with Crippen LogP contribution in [0.1, 0.15) is 5.56 Å². The lowest BCUT2D eigenvalue weighted by molar-refractivity contribution is -0.112. The van der Waals surface area contributed by atoms with Gasteiger partial charge in [-0.1, -0.05) is 29.5 Å². The average molecular weight is 432 g/mol. The molecule has 2 N–H and O–H groups in total. The molecule has 0 spiro atoms. The predicted octanol–water partition coefficient (Wildman–Crippen LogP) is 3.18. The van der Waals surface area contributed by atoms with Gasteiger partial charge in [0.2, 0.25) is 15.2 Å². The Morgan fingerprint density at radius 3 is 2.75 bits per heavy atom. The Labute approximate surface area is 169 Å². The Hall–Kier alpha value is -3.07. The lowest BCUT2D eigenvalue weighted by atomic mass is 10.1. The highest BCUT2D eigenvalue weighted by Gasteiger charge is 2.14. The minimum Gasteiger partial charge on any atom is -0.296 e. The van der Waals surface area contributed by atoms with Crippen LogP contribution in [0.25, 0.3) is 16.0 Å². The van der Waals surface area contributed by atoms with Crippen molar-refractivity contribution in [3.05, 3.63) is 52.9 Å². The molecule has 0 aliphatic carbocycles. The van der Waals surface area contributed by atoms with Crippen LogP contribution in [0.3, 0.4) is 0 Å². The summed E-state index contributed by atoms with van der Waals surface area (Å²) in [5.74, 6) is -0.627. The Kier molecular flexibility index (Phi) is 5.84. The van der Waals surface area contributed by atoms with Crippen LogP contribution in [0.15, 0.2) is 47.4 Å². The number of nitrogens with one attached hydrogen (secondary N) is 2. The smallest absolute Gasteiger partial charge is 0.268 e. The zero-order chi connectivity index (χ0) is 20.1. The predicted molar refractivity (Wildman–Crippen MR) is 110 cm³/mol. The van der Waals surface area contributed by atoms with Gasteiger partial charge in [0.15, 0.2) is 5.01 Å². The van der Waals surface area contributed by atoms with Gasteiger partial charge in [0, 0.05) is 5.69 Å². The zero-order valence-corrected chi connectivity index (χ0v) is 16.9. The van der Waals surface area contributed by atoms with Crippen molar-refractivity contribution in [1.29, 1.82) is 5.26 Å². The minimum absolute atomic E-state index is 0.149. The van der Waals surface area contributed by atoms with E-state index in [1.54, 1.807) is 18.2 Å². The van der Waals surface area contributed by atoms with Crippen molar-refractivity contribution in [2.24, 2.45) is 0 Å². The maximum Gasteiger partial charge on any atom is 0.268 e. The van der Waals surface area contributed by atoms with E-state index in [2.05, 4.69) is 20.2 Å². The SMILES string of the molecule is CS(=O)(=O)Nc1cccc(/C=C(\C#N)C(=O)Nc2nnc(-c3cccs3)s2)c1. The van der Waals surface area contributed by atoms with Crippen molar-refractivity contribution in [2.75, 3.05) is 16.3 Å². The fourth-order valence-corrected chi connectivity index (χ4v) is 4.25. The quantitative estimate of drug-likeness (QED) is 0.456. The van der Waals surface area contributed by atoms with E-state index in [0.29, 0.717) is 16.3 Å². The van der Waals surface area contributed by atoms with Gasteiger partial charge in [-0.3, -0.25) is 14.8 Å². The van der Waals surface area contributed by atoms with Crippen LogP contribution >= 0.6 is 22.7 Å². The monoisotopic (exact) mass is 431 g/mol. The molecule has 0 aliphatic rings. The van der Waals surface area contributed by atoms with Crippen LogP contribution in [0.2, 0.25) is 0 Å². The van der Waals surface area contributed by atoms with Crippen molar-refractivity contribution < 1.29 is 13.2 Å². The van der Waals surface area contributed by atoms with E-state index in [9.17, 15) is 18.5 Å². The summed E-state index contributed by atoms with van der Waals surface area (Å²) >= 11 is 2.71. The number of nitrogens with zero attached hydrogens (tertiary/aromatic N) is 3. The number of hydrogen-bond donors (Lipinski definition) is 2. The molecule has 0 fully saturated rings. The molecule has 0 saturated heterocycles. The van der Waals surface area contributed by atoms with Gasteiger partial charge >= 0.3 is 0 Å². The maximum atomic E-state index is 12.4. The van der Waals surface area contributed by atoms with Crippen molar-refractivity contribution in [1.82, 2.24) is 10.2 Å². The molecule has 0 bridgehead atoms. The molecular weight excluding hydrogens is 418 g/mol. The van der Waals surface area contributed by atoms with E-state index in [4.69, 9.17) is 0 Å². The number of hydrogen-bond acceptors (Lipinski definition) is 8. The molecule has 8 nitrogen and oxygen atoms in total. The van der Waals surface area contributed by atoms with Gasteiger partial charge in [-0.25, -0.2) is 8.42 Å². The lowest BCUT2D eigenvalue weighted by Crippen LogP contribution is -2.13. The van der Waals surface area contributed by atoms with E-state index in [-0.39, 0.29) is 10.7 Å². The Balaban J connectivity index is 1.77. The Morgan fingerprint density at radius 1 is 1.25 bits per heavy atom. The van der Waals surface area contributed by atoms with Crippen LogP contribution in [0.4, 0.5) is 10.8 Å². The first-order chi connectivity index (χ1) is 13.3. The molecule has 28 heavy (non-hydrogen) atoms.